The maximum atomic E-state index is 5.95. The monoisotopic (exact) mass is 298 g/mol. The average molecular weight is 299 g/mol. The molecule has 0 heterocycles. The Labute approximate surface area is 121 Å². The summed E-state index contributed by atoms with van der Waals surface area (Å²) in [5, 5.41) is 1.50. The minimum atomic E-state index is 0.558. The third-order valence-corrected chi connectivity index (χ3v) is 3.91. The van der Waals surface area contributed by atoms with Gasteiger partial charge in [0.15, 0.2) is 0 Å². The molecule has 4 heteroatoms. The Bertz CT molecular complexity index is 526. The summed E-state index contributed by atoms with van der Waals surface area (Å²) in [5.74, 6) is 1.39. The molecule has 0 atom stereocenters. The molecule has 0 unspecified atom stereocenters. The lowest BCUT2D eigenvalue weighted by Crippen LogP contribution is -1.93. The Morgan fingerprint density at radius 1 is 1.06 bits per heavy atom. The third kappa shape index (κ3) is 3.84. The van der Waals surface area contributed by atoms with Crippen LogP contribution in [0.1, 0.15) is 5.56 Å². The molecule has 0 amide bonds. The highest BCUT2D eigenvalue weighted by Gasteiger charge is 1.99. The molecule has 0 aromatic heterocycles. The van der Waals surface area contributed by atoms with Gasteiger partial charge < -0.3 is 4.74 Å². The molecular weight excluding hydrogens is 287 g/mol. The molecular formula is C14H12Cl2OS. The first-order chi connectivity index (χ1) is 8.65. The fourth-order valence-corrected chi connectivity index (χ4v) is 2.31. The van der Waals surface area contributed by atoms with Gasteiger partial charge in [-0.2, -0.15) is 0 Å². The molecule has 2 aromatic rings. The first-order valence-electron chi connectivity index (χ1n) is 5.42. The van der Waals surface area contributed by atoms with Gasteiger partial charge in [-0.15, -0.1) is 0 Å². The van der Waals surface area contributed by atoms with Crippen molar-refractivity contribution in [1.29, 1.82) is 0 Å². The van der Waals surface area contributed by atoms with Gasteiger partial charge in [-0.3, -0.25) is 0 Å². The van der Waals surface area contributed by atoms with E-state index < -0.39 is 0 Å². The predicted molar refractivity (Wildman–Crippen MR) is 79.0 cm³/mol. The fourth-order valence-electron chi connectivity index (χ4n) is 1.40. The molecule has 0 fully saturated rings. The first-order valence-corrected chi connectivity index (χ1v) is 7.16. The van der Waals surface area contributed by atoms with Crippen molar-refractivity contribution in [2.24, 2.45) is 0 Å². The van der Waals surface area contributed by atoms with Gasteiger partial charge in [-0.1, -0.05) is 35.0 Å². The van der Waals surface area contributed by atoms with E-state index in [0.29, 0.717) is 5.94 Å². The zero-order valence-electron chi connectivity index (χ0n) is 9.82. The highest BCUT2D eigenvalue weighted by molar-refractivity contribution is 7.99. The Kier molecular flexibility index (Phi) is 4.81. The summed E-state index contributed by atoms with van der Waals surface area (Å²) in [5.41, 5.74) is 1.02. The normalized spacial score (nSPS) is 10.4. The van der Waals surface area contributed by atoms with Crippen molar-refractivity contribution in [3.05, 3.63) is 58.1 Å². The fraction of sp³-hybridized carbons (Fsp3) is 0.143. The molecule has 0 aliphatic heterocycles. The van der Waals surface area contributed by atoms with Crippen molar-refractivity contribution in [2.45, 2.75) is 11.8 Å². The molecule has 0 aliphatic rings. The van der Waals surface area contributed by atoms with Gasteiger partial charge in [-0.25, -0.2) is 0 Å². The number of halogens is 2. The quantitative estimate of drug-likeness (QED) is 0.550. The van der Waals surface area contributed by atoms with Gasteiger partial charge in [0.2, 0.25) is 0 Å². The van der Waals surface area contributed by atoms with Crippen LogP contribution in [0.15, 0.2) is 47.4 Å². The van der Waals surface area contributed by atoms with E-state index in [0.717, 1.165) is 26.3 Å². The molecule has 1 nitrogen and oxygen atoms in total. The standard InChI is InChI=1S/C14H12Cl2OS/c1-10-8-12(4-7-14(10)16)17-9-18-13-5-2-11(15)3-6-13/h2-8H,9H2,1H3. The zero-order valence-corrected chi connectivity index (χ0v) is 12.1. The van der Waals surface area contributed by atoms with E-state index in [2.05, 4.69) is 0 Å². The van der Waals surface area contributed by atoms with E-state index in [9.17, 15) is 0 Å². The van der Waals surface area contributed by atoms with Gasteiger partial charge in [0.25, 0.3) is 0 Å². The topological polar surface area (TPSA) is 9.23 Å². The average Bonchev–Trinajstić information content (AvgIpc) is 2.36. The highest BCUT2D eigenvalue weighted by Crippen LogP contribution is 2.24. The maximum Gasteiger partial charge on any atom is 0.138 e. The second-order valence-corrected chi connectivity index (χ2v) is 5.61. The van der Waals surface area contributed by atoms with Crippen LogP contribution in [-0.4, -0.2) is 5.94 Å². The molecule has 0 N–H and O–H groups in total. The van der Waals surface area contributed by atoms with Gasteiger partial charge in [0.05, 0.1) is 0 Å². The van der Waals surface area contributed by atoms with Gasteiger partial charge in [-0.05, 0) is 55.0 Å². The predicted octanol–water partition coefficient (Wildman–Crippen LogP) is 5.43. The molecule has 18 heavy (non-hydrogen) atoms. The van der Waals surface area contributed by atoms with Crippen molar-refractivity contribution in [2.75, 3.05) is 5.94 Å². The molecule has 0 bridgehead atoms. The molecule has 94 valence electrons. The van der Waals surface area contributed by atoms with Crippen LogP contribution in [0.25, 0.3) is 0 Å². The third-order valence-electron chi connectivity index (χ3n) is 2.39. The molecule has 0 radical (unpaired) electrons. The number of aryl methyl sites for hydroxylation is 1. The largest absolute Gasteiger partial charge is 0.483 e. The Balaban J connectivity index is 1.88. The summed E-state index contributed by atoms with van der Waals surface area (Å²) in [6.45, 7) is 1.96. The smallest absolute Gasteiger partial charge is 0.138 e. The van der Waals surface area contributed by atoms with Crippen molar-refractivity contribution < 1.29 is 4.74 Å². The summed E-state index contributed by atoms with van der Waals surface area (Å²) in [4.78, 5) is 1.13. The van der Waals surface area contributed by atoms with E-state index in [1.165, 1.54) is 0 Å². The second kappa shape index (κ2) is 6.37. The number of thioether (sulfide) groups is 1. The van der Waals surface area contributed by atoms with Crippen LogP contribution in [0.5, 0.6) is 5.75 Å². The number of benzene rings is 2. The highest BCUT2D eigenvalue weighted by atomic mass is 35.5. The molecule has 0 aliphatic carbocycles. The molecule has 2 aromatic carbocycles. The second-order valence-electron chi connectivity index (χ2n) is 3.77. The van der Waals surface area contributed by atoms with Crippen LogP contribution in [0, 0.1) is 6.92 Å². The van der Waals surface area contributed by atoms with Crippen molar-refractivity contribution in [1.82, 2.24) is 0 Å². The van der Waals surface area contributed by atoms with Gasteiger partial charge >= 0.3 is 0 Å². The van der Waals surface area contributed by atoms with E-state index in [1.807, 2.05) is 49.4 Å². The van der Waals surface area contributed by atoms with E-state index >= 15 is 0 Å². The van der Waals surface area contributed by atoms with E-state index in [1.54, 1.807) is 11.8 Å². The Hall–Kier alpha value is -0.830. The van der Waals surface area contributed by atoms with Crippen molar-refractivity contribution in [3.8, 4) is 5.75 Å². The first kappa shape index (κ1) is 13.6. The lowest BCUT2D eigenvalue weighted by atomic mass is 10.2. The number of rotatable bonds is 4. The summed E-state index contributed by atoms with van der Waals surface area (Å²) in [7, 11) is 0. The Morgan fingerprint density at radius 3 is 2.44 bits per heavy atom. The van der Waals surface area contributed by atoms with E-state index in [-0.39, 0.29) is 0 Å². The Morgan fingerprint density at radius 2 is 1.78 bits per heavy atom. The molecule has 0 saturated carbocycles. The lowest BCUT2D eigenvalue weighted by molar-refractivity contribution is 0.392. The minimum Gasteiger partial charge on any atom is -0.483 e. The summed E-state index contributed by atoms with van der Waals surface area (Å²) in [6.07, 6.45) is 0. The summed E-state index contributed by atoms with van der Waals surface area (Å²) >= 11 is 13.4. The number of hydrogen-bond acceptors (Lipinski definition) is 2. The zero-order chi connectivity index (χ0) is 13.0. The molecule has 0 spiro atoms. The molecule has 2 rings (SSSR count). The maximum absolute atomic E-state index is 5.95. The van der Waals surface area contributed by atoms with Crippen LogP contribution in [0.4, 0.5) is 0 Å². The van der Waals surface area contributed by atoms with Crippen LogP contribution >= 0.6 is 35.0 Å². The minimum absolute atomic E-state index is 0.558. The van der Waals surface area contributed by atoms with Crippen LogP contribution < -0.4 is 4.74 Å². The summed E-state index contributed by atoms with van der Waals surface area (Å²) < 4.78 is 5.65. The van der Waals surface area contributed by atoms with Gasteiger partial charge in [0, 0.05) is 14.9 Å². The van der Waals surface area contributed by atoms with Crippen molar-refractivity contribution in [3.63, 3.8) is 0 Å². The SMILES string of the molecule is Cc1cc(OCSc2ccc(Cl)cc2)ccc1Cl. The number of ether oxygens (including phenoxy) is 1. The van der Waals surface area contributed by atoms with Gasteiger partial charge in [0.1, 0.15) is 11.7 Å². The van der Waals surface area contributed by atoms with Crippen LogP contribution in [-0.2, 0) is 0 Å². The summed E-state index contributed by atoms with van der Waals surface area (Å²) in [6, 6.07) is 13.3. The van der Waals surface area contributed by atoms with Crippen LogP contribution in [0.2, 0.25) is 10.0 Å². The van der Waals surface area contributed by atoms with Crippen LogP contribution in [0.3, 0.4) is 0 Å². The molecule has 0 saturated heterocycles. The number of hydrogen-bond donors (Lipinski definition) is 0. The van der Waals surface area contributed by atoms with Crippen molar-refractivity contribution >= 4 is 35.0 Å². The van der Waals surface area contributed by atoms with E-state index in [4.69, 9.17) is 27.9 Å². The lowest BCUT2D eigenvalue weighted by Gasteiger charge is -2.07.